The topological polar surface area (TPSA) is 32.3 Å². The van der Waals surface area contributed by atoms with E-state index < -0.39 is 0 Å². The zero-order chi connectivity index (χ0) is 9.54. The molecule has 2 atom stereocenters. The average Bonchev–Trinajstić information content (AvgIpc) is 2.88. The van der Waals surface area contributed by atoms with Gasteiger partial charge in [0.25, 0.3) is 0 Å². The molecule has 1 aliphatic carbocycles. The van der Waals surface area contributed by atoms with Crippen molar-refractivity contribution in [3.63, 3.8) is 0 Å². The lowest BCUT2D eigenvalue weighted by atomic mass is 10.1. The Kier molecular flexibility index (Phi) is 2.01. The van der Waals surface area contributed by atoms with Gasteiger partial charge < -0.3 is 5.32 Å². The molecule has 1 saturated carbocycles. The van der Waals surface area contributed by atoms with Crippen LogP contribution in [0.4, 0.5) is 0 Å². The highest BCUT2D eigenvalue weighted by molar-refractivity contribution is 5.77. The zero-order valence-corrected chi connectivity index (χ0v) is 8.54. The fourth-order valence-electron chi connectivity index (χ4n) is 2.87. The Morgan fingerprint density at radius 3 is 2.79 bits per heavy atom. The molecule has 2 saturated heterocycles. The first kappa shape index (κ1) is 8.72. The summed E-state index contributed by atoms with van der Waals surface area (Å²) in [5, 5.41) is 3.02. The first-order valence-electron chi connectivity index (χ1n) is 5.85. The van der Waals surface area contributed by atoms with Crippen molar-refractivity contribution in [3.8, 4) is 0 Å². The van der Waals surface area contributed by atoms with Gasteiger partial charge in [0, 0.05) is 31.6 Å². The molecule has 0 aromatic carbocycles. The van der Waals surface area contributed by atoms with Crippen LogP contribution in [-0.4, -0.2) is 36.0 Å². The lowest BCUT2D eigenvalue weighted by Gasteiger charge is -2.26. The van der Waals surface area contributed by atoms with E-state index in [2.05, 4.69) is 10.2 Å². The minimum absolute atomic E-state index is 0.262. The highest BCUT2D eigenvalue weighted by Gasteiger charge is 2.39. The normalized spacial score (nSPS) is 38.1. The summed E-state index contributed by atoms with van der Waals surface area (Å²) in [5.41, 5.74) is 0. The van der Waals surface area contributed by atoms with Gasteiger partial charge in [0.15, 0.2) is 0 Å². The van der Waals surface area contributed by atoms with Crippen molar-refractivity contribution in [1.29, 1.82) is 0 Å². The maximum atomic E-state index is 11.4. The van der Waals surface area contributed by atoms with Gasteiger partial charge in [-0.05, 0) is 31.6 Å². The van der Waals surface area contributed by atoms with Gasteiger partial charge >= 0.3 is 0 Å². The van der Waals surface area contributed by atoms with Crippen molar-refractivity contribution in [2.24, 2.45) is 5.92 Å². The number of nitrogens with one attached hydrogen (secondary N) is 1. The summed E-state index contributed by atoms with van der Waals surface area (Å²) in [6.45, 7) is 2.15. The average molecular weight is 194 g/mol. The smallest absolute Gasteiger partial charge is 0.221 e. The van der Waals surface area contributed by atoms with Crippen LogP contribution in [0, 0.1) is 5.92 Å². The van der Waals surface area contributed by atoms with E-state index in [1.807, 2.05) is 0 Å². The van der Waals surface area contributed by atoms with Crippen LogP contribution in [0.25, 0.3) is 0 Å². The van der Waals surface area contributed by atoms with Crippen LogP contribution in [-0.2, 0) is 4.79 Å². The van der Waals surface area contributed by atoms with Crippen molar-refractivity contribution in [1.82, 2.24) is 10.2 Å². The highest BCUT2D eigenvalue weighted by Crippen LogP contribution is 2.35. The van der Waals surface area contributed by atoms with Crippen LogP contribution in [0.2, 0.25) is 0 Å². The van der Waals surface area contributed by atoms with Gasteiger partial charge in [-0.1, -0.05) is 0 Å². The lowest BCUT2D eigenvalue weighted by Crippen LogP contribution is -2.39. The minimum Gasteiger partial charge on any atom is -0.354 e. The summed E-state index contributed by atoms with van der Waals surface area (Å²) < 4.78 is 0. The van der Waals surface area contributed by atoms with Gasteiger partial charge in [-0.25, -0.2) is 0 Å². The maximum absolute atomic E-state index is 11.4. The first-order chi connectivity index (χ1) is 6.83. The molecule has 78 valence electrons. The van der Waals surface area contributed by atoms with Gasteiger partial charge in [0.2, 0.25) is 5.91 Å². The Balaban J connectivity index is 1.71. The molecule has 1 N–H and O–H groups in total. The summed E-state index contributed by atoms with van der Waals surface area (Å²) in [6.07, 6.45) is 6.10. The molecule has 3 rings (SSSR count). The Morgan fingerprint density at radius 2 is 2.00 bits per heavy atom. The van der Waals surface area contributed by atoms with Crippen LogP contribution < -0.4 is 5.32 Å². The van der Waals surface area contributed by atoms with E-state index in [0.29, 0.717) is 12.1 Å². The number of hydrogen-bond donors (Lipinski definition) is 1. The van der Waals surface area contributed by atoms with E-state index in [4.69, 9.17) is 0 Å². The van der Waals surface area contributed by atoms with Crippen molar-refractivity contribution in [3.05, 3.63) is 0 Å². The van der Waals surface area contributed by atoms with E-state index in [1.165, 1.54) is 32.2 Å². The number of carbonyl (C=O) groups is 1. The number of carbonyl (C=O) groups excluding carboxylic acids is 1. The zero-order valence-electron chi connectivity index (χ0n) is 8.54. The summed E-state index contributed by atoms with van der Waals surface area (Å²) in [4.78, 5) is 14.0. The van der Waals surface area contributed by atoms with Crippen LogP contribution in [0.1, 0.15) is 32.1 Å². The molecule has 2 aliphatic heterocycles. The molecule has 1 amide bonds. The SMILES string of the molecule is O=C1C[C@H]2CC[C@@H](CN1)N2CC1CC1. The van der Waals surface area contributed by atoms with E-state index in [9.17, 15) is 4.79 Å². The Hall–Kier alpha value is -0.570. The summed E-state index contributed by atoms with van der Waals surface area (Å²) in [5.74, 6) is 1.21. The monoisotopic (exact) mass is 194 g/mol. The predicted molar refractivity (Wildman–Crippen MR) is 53.9 cm³/mol. The number of rotatable bonds is 2. The second-order valence-corrected chi connectivity index (χ2v) is 5.03. The van der Waals surface area contributed by atoms with E-state index >= 15 is 0 Å². The predicted octanol–water partition coefficient (Wildman–Crippen LogP) is 0.749. The third kappa shape index (κ3) is 1.54. The Bertz CT molecular complexity index is 250. The molecule has 3 nitrogen and oxygen atoms in total. The molecule has 14 heavy (non-hydrogen) atoms. The highest BCUT2D eigenvalue weighted by atomic mass is 16.1. The van der Waals surface area contributed by atoms with Crippen LogP contribution in [0.3, 0.4) is 0 Å². The molecule has 3 heteroatoms. The summed E-state index contributed by atoms with van der Waals surface area (Å²) in [7, 11) is 0. The fourth-order valence-corrected chi connectivity index (χ4v) is 2.87. The van der Waals surface area contributed by atoms with Crippen LogP contribution >= 0.6 is 0 Å². The molecular formula is C11H18N2O. The van der Waals surface area contributed by atoms with E-state index in [0.717, 1.165) is 18.9 Å². The summed E-state index contributed by atoms with van der Waals surface area (Å²) in [6, 6.07) is 1.20. The standard InChI is InChI=1S/C11H18N2O/c14-11-5-9-3-4-10(6-12-11)13(9)7-8-1-2-8/h8-10H,1-7H2,(H,12,14)/t9-,10+/m1/s1. The fraction of sp³-hybridized carbons (Fsp3) is 0.909. The molecule has 2 heterocycles. The largest absolute Gasteiger partial charge is 0.354 e. The molecular weight excluding hydrogens is 176 g/mol. The molecule has 0 spiro atoms. The van der Waals surface area contributed by atoms with Gasteiger partial charge in [-0.15, -0.1) is 0 Å². The molecule has 3 aliphatic rings. The van der Waals surface area contributed by atoms with Crippen molar-refractivity contribution < 1.29 is 4.79 Å². The van der Waals surface area contributed by atoms with Gasteiger partial charge in [-0.3, -0.25) is 9.69 Å². The van der Waals surface area contributed by atoms with Crippen molar-refractivity contribution in [2.45, 2.75) is 44.2 Å². The molecule has 2 bridgehead atoms. The quantitative estimate of drug-likeness (QED) is 0.703. The van der Waals surface area contributed by atoms with Crippen molar-refractivity contribution in [2.75, 3.05) is 13.1 Å². The number of fused-ring (bicyclic) bond motifs is 2. The molecule has 0 radical (unpaired) electrons. The maximum Gasteiger partial charge on any atom is 0.221 e. The Labute approximate surface area is 84.8 Å². The molecule has 0 unspecified atom stereocenters. The molecule has 0 aromatic rings. The van der Waals surface area contributed by atoms with Crippen molar-refractivity contribution >= 4 is 5.91 Å². The number of amides is 1. The second-order valence-electron chi connectivity index (χ2n) is 5.03. The second kappa shape index (κ2) is 3.23. The van der Waals surface area contributed by atoms with Crippen LogP contribution in [0.5, 0.6) is 0 Å². The van der Waals surface area contributed by atoms with E-state index in [1.54, 1.807) is 0 Å². The van der Waals surface area contributed by atoms with Gasteiger partial charge in [0.1, 0.15) is 0 Å². The number of nitrogens with zero attached hydrogens (tertiary/aromatic N) is 1. The molecule has 3 fully saturated rings. The Morgan fingerprint density at radius 1 is 1.21 bits per heavy atom. The van der Waals surface area contributed by atoms with Gasteiger partial charge in [0.05, 0.1) is 0 Å². The lowest BCUT2D eigenvalue weighted by molar-refractivity contribution is -0.121. The van der Waals surface area contributed by atoms with E-state index in [-0.39, 0.29) is 5.91 Å². The molecule has 0 aromatic heterocycles. The van der Waals surface area contributed by atoms with Crippen LogP contribution in [0.15, 0.2) is 0 Å². The minimum atomic E-state index is 0.262. The third-order valence-corrected chi connectivity index (χ3v) is 3.89. The van der Waals surface area contributed by atoms with Gasteiger partial charge in [-0.2, -0.15) is 0 Å². The number of hydrogen-bond acceptors (Lipinski definition) is 2. The third-order valence-electron chi connectivity index (χ3n) is 3.89. The first-order valence-corrected chi connectivity index (χ1v) is 5.85. The summed E-state index contributed by atoms with van der Waals surface area (Å²) >= 11 is 0.